The monoisotopic (exact) mass is 427 g/mol. The van der Waals surface area contributed by atoms with Gasteiger partial charge >= 0.3 is 6.61 Å². The lowest BCUT2D eigenvalue weighted by Crippen LogP contribution is -2.37. The number of hydrogen-bond donors (Lipinski definition) is 2. The molecule has 22 heavy (non-hydrogen) atoms. The second-order valence-corrected chi connectivity index (χ2v) is 5.06. The fourth-order valence-corrected chi connectivity index (χ4v) is 1.72. The van der Waals surface area contributed by atoms with E-state index in [1.165, 1.54) is 6.07 Å². The maximum absolute atomic E-state index is 12.2. The van der Waals surface area contributed by atoms with Crippen LogP contribution in [0, 0.1) is 5.92 Å². The van der Waals surface area contributed by atoms with Gasteiger partial charge in [0.15, 0.2) is 5.96 Å². The Bertz CT molecular complexity index is 456. The van der Waals surface area contributed by atoms with E-state index in [1.807, 2.05) is 6.07 Å². The summed E-state index contributed by atoms with van der Waals surface area (Å²) >= 11 is 0. The van der Waals surface area contributed by atoms with E-state index in [0.29, 0.717) is 18.4 Å². The van der Waals surface area contributed by atoms with Crippen LogP contribution in [0.5, 0.6) is 5.75 Å². The van der Waals surface area contributed by atoms with Gasteiger partial charge in [-0.1, -0.05) is 26.0 Å². The highest BCUT2D eigenvalue weighted by Gasteiger charge is 2.05. The Balaban J connectivity index is 0.00000441. The lowest BCUT2D eigenvalue weighted by Gasteiger charge is -2.13. The van der Waals surface area contributed by atoms with Crippen molar-refractivity contribution in [3.63, 3.8) is 0 Å². The van der Waals surface area contributed by atoms with Gasteiger partial charge < -0.3 is 15.4 Å². The van der Waals surface area contributed by atoms with E-state index >= 15 is 0 Å². The number of alkyl halides is 2. The Morgan fingerprint density at radius 3 is 2.59 bits per heavy atom. The molecular weight excluding hydrogens is 403 g/mol. The summed E-state index contributed by atoms with van der Waals surface area (Å²) in [5.74, 6) is 1.47. The molecule has 2 N–H and O–H groups in total. The standard InChI is InChI=1S/C15H23F2N3O.HI/c1-11(2)7-8-19-15(18-3)20-10-12-5-4-6-13(9-12)21-14(16)17;/h4-6,9,11,14H,7-8,10H2,1-3H3,(H2,18,19,20);1H. The van der Waals surface area contributed by atoms with Crippen molar-refractivity contribution in [2.75, 3.05) is 13.6 Å². The lowest BCUT2D eigenvalue weighted by atomic mass is 10.1. The molecule has 1 aromatic rings. The highest BCUT2D eigenvalue weighted by Crippen LogP contribution is 2.15. The summed E-state index contributed by atoms with van der Waals surface area (Å²) in [6, 6.07) is 6.61. The van der Waals surface area contributed by atoms with Crippen molar-refractivity contribution < 1.29 is 13.5 Å². The molecule has 0 bridgehead atoms. The molecule has 0 aromatic heterocycles. The summed E-state index contributed by atoms with van der Waals surface area (Å²) in [5.41, 5.74) is 0.847. The number of aliphatic imine (C=N–C) groups is 1. The van der Waals surface area contributed by atoms with Crippen LogP contribution in [-0.4, -0.2) is 26.2 Å². The van der Waals surface area contributed by atoms with E-state index in [-0.39, 0.29) is 29.7 Å². The minimum Gasteiger partial charge on any atom is -0.435 e. The van der Waals surface area contributed by atoms with E-state index < -0.39 is 6.61 Å². The predicted octanol–water partition coefficient (Wildman–Crippen LogP) is 3.62. The third kappa shape index (κ3) is 9.01. The molecule has 0 unspecified atom stereocenters. The van der Waals surface area contributed by atoms with Crippen LogP contribution in [0.4, 0.5) is 8.78 Å². The average Bonchev–Trinajstić information content (AvgIpc) is 2.42. The first-order valence-electron chi connectivity index (χ1n) is 6.99. The molecule has 0 radical (unpaired) electrons. The van der Waals surface area contributed by atoms with E-state index in [9.17, 15) is 8.78 Å². The van der Waals surface area contributed by atoms with Gasteiger partial charge in [0.25, 0.3) is 0 Å². The summed E-state index contributed by atoms with van der Waals surface area (Å²) in [5, 5.41) is 6.34. The molecule has 0 atom stereocenters. The van der Waals surface area contributed by atoms with Crippen LogP contribution in [0.2, 0.25) is 0 Å². The quantitative estimate of drug-likeness (QED) is 0.397. The zero-order valence-corrected chi connectivity index (χ0v) is 15.4. The largest absolute Gasteiger partial charge is 0.435 e. The second kappa shape index (κ2) is 11.4. The van der Waals surface area contributed by atoms with Crippen LogP contribution in [0.3, 0.4) is 0 Å². The molecular formula is C15H24F2IN3O. The fourth-order valence-electron chi connectivity index (χ4n) is 1.72. The smallest absolute Gasteiger partial charge is 0.387 e. The summed E-state index contributed by atoms with van der Waals surface area (Å²) in [4.78, 5) is 4.11. The first kappa shape index (κ1) is 20.9. The van der Waals surface area contributed by atoms with Gasteiger partial charge in [-0.25, -0.2) is 0 Å². The highest BCUT2D eigenvalue weighted by atomic mass is 127. The molecule has 7 heteroatoms. The number of guanidine groups is 1. The molecule has 126 valence electrons. The number of hydrogen-bond acceptors (Lipinski definition) is 2. The van der Waals surface area contributed by atoms with E-state index in [2.05, 4.69) is 34.2 Å². The van der Waals surface area contributed by atoms with E-state index in [0.717, 1.165) is 18.5 Å². The second-order valence-electron chi connectivity index (χ2n) is 5.06. The topological polar surface area (TPSA) is 45.7 Å². The molecule has 4 nitrogen and oxygen atoms in total. The van der Waals surface area contributed by atoms with Gasteiger partial charge in [-0.2, -0.15) is 8.78 Å². The Hall–Kier alpha value is -1.12. The predicted molar refractivity (Wildman–Crippen MR) is 96.1 cm³/mol. The Labute approximate surface area is 147 Å². The molecule has 0 spiro atoms. The SMILES string of the molecule is CN=C(NCCC(C)C)NCc1cccc(OC(F)F)c1.I. The zero-order valence-electron chi connectivity index (χ0n) is 13.1. The van der Waals surface area contributed by atoms with Crippen molar-refractivity contribution in [3.05, 3.63) is 29.8 Å². The molecule has 0 saturated carbocycles. The van der Waals surface area contributed by atoms with Crippen molar-refractivity contribution >= 4 is 29.9 Å². The summed E-state index contributed by atoms with van der Waals surface area (Å²) in [6.07, 6.45) is 1.05. The maximum atomic E-state index is 12.2. The molecule has 0 fully saturated rings. The zero-order chi connectivity index (χ0) is 15.7. The van der Waals surface area contributed by atoms with Gasteiger partial charge in [0.2, 0.25) is 0 Å². The van der Waals surface area contributed by atoms with Gasteiger partial charge in [-0.3, -0.25) is 4.99 Å². The summed E-state index contributed by atoms with van der Waals surface area (Å²) in [6.45, 7) is 2.84. The van der Waals surface area contributed by atoms with Gasteiger partial charge in [-0.15, -0.1) is 24.0 Å². The number of nitrogens with zero attached hydrogens (tertiary/aromatic N) is 1. The van der Waals surface area contributed by atoms with Gasteiger partial charge in [0.1, 0.15) is 5.75 Å². The number of nitrogens with one attached hydrogen (secondary N) is 2. The third-order valence-electron chi connectivity index (χ3n) is 2.82. The third-order valence-corrected chi connectivity index (χ3v) is 2.82. The van der Waals surface area contributed by atoms with Crippen LogP contribution >= 0.6 is 24.0 Å². The van der Waals surface area contributed by atoms with Crippen molar-refractivity contribution in [1.82, 2.24) is 10.6 Å². The molecule has 1 rings (SSSR count). The molecule has 0 heterocycles. The number of rotatable bonds is 7. The molecule has 0 amide bonds. The van der Waals surface area contributed by atoms with Crippen LogP contribution in [0.25, 0.3) is 0 Å². The molecule has 0 aliphatic carbocycles. The summed E-state index contributed by atoms with van der Waals surface area (Å²) in [7, 11) is 1.70. The minimum atomic E-state index is -2.81. The molecule has 0 aliphatic rings. The summed E-state index contributed by atoms with van der Waals surface area (Å²) < 4.78 is 28.7. The number of benzene rings is 1. The minimum absolute atomic E-state index is 0. The molecule has 1 aromatic carbocycles. The van der Waals surface area contributed by atoms with E-state index in [1.54, 1.807) is 19.2 Å². The van der Waals surface area contributed by atoms with E-state index in [4.69, 9.17) is 0 Å². The van der Waals surface area contributed by atoms with Crippen LogP contribution in [0.15, 0.2) is 29.3 Å². The average molecular weight is 427 g/mol. The normalized spacial score (nSPS) is 11.3. The van der Waals surface area contributed by atoms with Gasteiger partial charge in [0.05, 0.1) is 0 Å². The van der Waals surface area contributed by atoms with Crippen molar-refractivity contribution in [1.29, 1.82) is 0 Å². The Kier molecular flexibility index (Phi) is 10.9. The Morgan fingerprint density at radius 1 is 1.27 bits per heavy atom. The van der Waals surface area contributed by atoms with Crippen molar-refractivity contribution in [2.24, 2.45) is 10.9 Å². The van der Waals surface area contributed by atoms with Gasteiger partial charge in [-0.05, 0) is 30.0 Å². The highest BCUT2D eigenvalue weighted by molar-refractivity contribution is 14.0. The number of ether oxygens (including phenoxy) is 1. The van der Waals surface area contributed by atoms with Crippen LogP contribution in [0.1, 0.15) is 25.8 Å². The fraction of sp³-hybridized carbons (Fsp3) is 0.533. The van der Waals surface area contributed by atoms with Crippen LogP contribution in [-0.2, 0) is 6.54 Å². The molecule has 0 aliphatic heterocycles. The first-order chi connectivity index (χ1) is 10.0. The van der Waals surface area contributed by atoms with Crippen LogP contribution < -0.4 is 15.4 Å². The number of halogens is 3. The van der Waals surface area contributed by atoms with Crippen molar-refractivity contribution in [3.8, 4) is 5.75 Å². The van der Waals surface area contributed by atoms with Crippen molar-refractivity contribution in [2.45, 2.75) is 33.4 Å². The lowest BCUT2D eigenvalue weighted by molar-refractivity contribution is -0.0498. The Morgan fingerprint density at radius 2 is 2.00 bits per heavy atom. The maximum Gasteiger partial charge on any atom is 0.387 e. The molecule has 0 saturated heterocycles. The first-order valence-corrected chi connectivity index (χ1v) is 6.99. The van der Waals surface area contributed by atoms with Gasteiger partial charge in [0, 0.05) is 20.1 Å².